The van der Waals surface area contributed by atoms with E-state index in [4.69, 9.17) is 9.47 Å². The zero-order valence-electron chi connectivity index (χ0n) is 17.2. The number of carbonyl (C=O) groups excluding carboxylic acids is 3. The van der Waals surface area contributed by atoms with Crippen LogP contribution in [0.3, 0.4) is 0 Å². The first-order valence-corrected chi connectivity index (χ1v) is 9.36. The normalized spacial score (nSPS) is 15.4. The highest BCUT2D eigenvalue weighted by molar-refractivity contribution is 6.06. The number of benzene rings is 1. The molecule has 1 saturated heterocycles. The van der Waals surface area contributed by atoms with Crippen molar-refractivity contribution in [1.82, 2.24) is 15.1 Å². The van der Waals surface area contributed by atoms with E-state index in [0.717, 1.165) is 5.56 Å². The highest BCUT2D eigenvalue weighted by Gasteiger charge is 2.43. The van der Waals surface area contributed by atoms with E-state index in [1.54, 1.807) is 33.0 Å². The van der Waals surface area contributed by atoms with Gasteiger partial charge in [0, 0.05) is 26.1 Å². The zero-order chi connectivity index (χ0) is 20.9. The van der Waals surface area contributed by atoms with Gasteiger partial charge in [-0.3, -0.25) is 14.5 Å². The Kier molecular flexibility index (Phi) is 6.88. The number of urea groups is 1. The number of rotatable bonds is 9. The van der Waals surface area contributed by atoms with Crippen LogP contribution < -0.4 is 14.8 Å². The van der Waals surface area contributed by atoms with Crippen LogP contribution in [0, 0.1) is 0 Å². The molecule has 8 nitrogen and oxygen atoms in total. The number of hydrogen-bond donors (Lipinski definition) is 1. The maximum absolute atomic E-state index is 12.6. The van der Waals surface area contributed by atoms with Crippen molar-refractivity contribution in [2.75, 3.05) is 27.3 Å². The van der Waals surface area contributed by atoms with Crippen LogP contribution in [-0.2, 0) is 16.1 Å². The number of imide groups is 1. The minimum atomic E-state index is -0.885. The van der Waals surface area contributed by atoms with Gasteiger partial charge in [0.25, 0.3) is 5.91 Å². The first-order chi connectivity index (χ1) is 13.2. The fraction of sp³-hybridized carbons (Fsp3) is 0.550. The van der Waals surface area contributed by atoms with Gasteiger partial charge in [0.15, 0.2) is 11.5 Å². The molecule has 28 heavy (non-hydrogen) atoms. The Bertz CT molecular complexity index is 747. The second-order valence-electron chi connectivity index (χ2n) is 7.21. The van der Waals surface area contributed by atoms with E-state index < -0.39 is 11.6 Å². The molecule has 2 rings (SSSR count). The average molecular weight is 391 g/mol. The van der Waals surface area contributed by atoms with E-state index in [1.165, 1.54) is 4.90 Å². The van der Waals surface area contributed by atoms with Crippen molar-refractivity contribution in [2.45, 2.75) is 45.7 Å². The second kappa shape index (κ2) is 8.95. The Hall–Kier alpha value is -2.77. The topological polar surface area (TPSA) is 88.2 Å². The predicted molar refractivity (Wildman–Crippen MR) is 104 cm³/mol. The molecular weight excluding hydrogens is 362 g/mol. The van der Waals surface area contributed by atoms with Crippen LogP contribution in [0.4, 0.5) is 4.79 Å². The van der Waals surface area contributed by atoms with Crippen LogP contribution in [0.1, 0.15) is 39.2 Å². The number of hydrogen-bond acceptors (Lipinski definition) is 5. The van der Waals surface area contributed by atoms with Gasteiger partial charge in [0.1, 0.15) is 5.54 Å². The summed E-state index contributed by atoms with van der Waals surface area (Å²) in [6, 6.07) is 5.16. The molecule has 0 radical (unpaired) electrons. The van der Waals surface area contributed by atoms with Crippen molar-refractivity contribution >= 4 is 17.8 Å². The van der Waals surface area contributed by atoms with Gasteiger partial charge in [-0.1, -0.05) is 6.07 Å². The van der Waals surface area contributed by atoms with E-state index in [-0.39, 0.29) is 24.8 Å². The van der Waals surface area contributed by atoms with Gasteiger partial charge < -0.3 is 19.7 Å². The van der Waals surface area contributed by atoms with Gasteiger partial charge in [-0.15, -0.1) is 0 Å². The first-order valence-electron chi connectivity index (χ1n) is 9.36. The fourth-order valence-electron chi connectivity index (χ4n) is 3.14. The maximum Gasteiger partial charge on any atom is 0.325 e. The maximum atomic E-state index is 12.6. The van der Waals surface area contributed by atoms with Gasteiger partial charge in [0.2, 0.25) is 5.91 Å². The van der Waals surface area contributed by atoms with Crippen LogP contribution in [0.5, 0.6) is 11.5 Å². The molecule has 1 aliphatic rings. The third-order valence-electron chi connectivity index (χ3n) is 4.77. The summed E-state index contributed by atoms with van der Waals surface area (Å²) in [5.41, 5.74) is 0.0490. The highest BCUT2D eigenvalue weighted by atomic mass is 16.5. The monoisotopic (exact) mass is 391 g/mol. The first kappa shape index (κ1) is 21.5. The third-order valence-corrected chi connectivity index (χ3v) is 4.77. The van der Waals surface area contributed by atoms with Crippen molar-refractivity contribution in [3.05, 3.63) is 23.8 Å². The zero-order valence-corrected chi connectivity index (χ0v) is 17.2. The van der Waals surface area contributed by atoms with Crippen molar-refractivity contribution in [1.29, 1.82) is 0 Å². The van der Waals surface area contributed by atoms with Crippen LogP contribution in [0.15, 0.2) is 18.2 Å². The third kappa shape index (κ3) is 4.74. The minimum Gasteiger partial charge on any atom is -0.493 e. The Morgan fingerprint density at radius 1 is 1.18 bits per heavy atom. The molecule has 0 aliphatic carbocycles. The SMILES string of the molecule is CCN(Cc1ccc(OC)c(OC)c1)C(=O)CCCN1C(=O)NC(C)(C)C1=O. The summed E-state index contributed by atoms with van der Waals surface area (Å²) in [5.74, 6) is 0.966. The molecule has 4 amide bonds. The van der Waals surface area contributed by atoms with Gasteiger partial charge in [-0.05, 0) is 44.9 Å². The number of methoxy groups -OCH3 is 2. The molecule has 0 spiro atoms. The summed E-state index contributed by atoms with van der Waals surface area (Å²) in [6.45, 7) is 6.49. The van der Waals surface area contributed by atoms with Crippen LogP contribution >= 0.6 is 0 Å². The van der Waals surface area contributed by atoms with Crippen molar-refractivity contribution in [3.8, 4) is 11.5 Å². The molecule has 1 heterocycles. The Balaban J connectivity index is 1.92. The molecule has 1 aromatic carbocycles. The smallest absolute Gasteiger partial charge is 0.325 e. The van der Waals surface area contributed by atoms with Gasteiger partial charge >= 0.3 is 6.03 Å². The summed E-state index contributed by atoms with van der Waals surface area (Å²) in [5, 5.41) is 2.64. The summed E-state index contributed by atoms with van der Waals surface area (Å²) in [7, 11) is 3.15. The molecule has 0 aromatic heterocycles. The van der Waals surface area contributed by atoms with Crippen LogP contribution in [0.2, 0.25) is 0 Å². The molecular formula is C20H29N3O5. The number of ether oxygens (including phenoxy) is 2. The molecule has 1 aromatic rings. The lowest BCUT2D eigenvalue weighted by Crippen LogP contribution is -2.40. The van der Waals surface area contributed by atoms with Crippen LogP contribution in [0.25, 0.3) is 0 Å². The highest BCUT2D eigenvalue weighted by Crippen LogP contribution is 2.28. The lowest BCUT2D eigenvalue weighted by molar-refractivity contribution is -0.133. The molecule has 0 unspecified atom stereocenters. The van der Waals surface area contributed by atoms with E-state index in [9.17, 15) is 14.4 Å². The van der Waals surface area contributed by atoms with E-state index in [2.05, 4.69) is 5.32 Å². The van der Waals surface area contributed by atoms with E-state index >= 15 is 0 Å². The molecule has 1 N–H and O–H groups in total. The lowest BCUT2D eigenvalue weighted by atomic mass is 10.1. The number of carbonyl (C=O) groups is 3. The van der Waals surface area contributed by atoms with Crippen molar-refractivity contribution in [3.63, 3.8) is 0 Å². The van der Waals surface area contributed by atoms with Gasteiger partial charge in [-0.25, -0.2) is 4.79 Å². The van der Waals surface area contributed by atoms with E-state index in [1.807, 2.05) is 25.1 Å². The second-order valence-corrected chi connectivity index (χ2v) is 7.21. The fourth-order valence-corrected chi connectivity index (χ4v) is 3.14. The molecule has 0 atom stereocenters. The van der Waals surface area contributed by atoms with E-state index in [0.29, 0.717) is 31.0 Å². The molecule has 1 fully saturated rings. The largest absolute Gasteiger partial charge is 0.493 e. The molecule has 1 aliphatic heterocycles. The minimum absolute atomic E-state index is 0.0244. The summed E-state index contributed by atoms with van der Waals surface area (Å²) in [6.07, 6.45) is 0.690. The summed E-state index contributed by atoms with van der Waals surface area (Å²) in [4.78, 5) is 39.6. The molecule has 0 bridgehead atoms. The van der Waals surface area contributed by atoms with Crippen LogP contribution in [-0.4, -0.2) is 60.5 Å². The van der Waals surface area contributed by atoms with Gasteiger partial charge in [0.05, 0.1) is 14.2 Å². The van der Waals surface area contributed by atoms with Crippen molar-refractivity contribution < 1.29 is 23.9 Å². The van der Waals surface area contributed by atoms with Gasteiger partial charge in [-0.2, -0.15) is 0 Å². The number of amides is 4. The predicted octanol–water partition coefficient (Wildman–Crippen LogP) is 2.16. The number of nitrogens with zero attached hydrogens (tertiary/aromatic N) is 2. The Labute approximate surface area is 165 Å². The average Bonchev–Trinajstić information content (AvgIpc) is 2.86. The Morgan fingerprint density at radius 2 is 1.86 bits per heavy atom. The lowest BCUT2D eigenvalue weighted by Gasteiger charge is -2.22. The summed E-state index contributed by atoms with van der Waals surface area (Å²) < 4.78 is 10.5. The standard InChI is InChI=1S/C20H29N3O5/c1-6-22(13-14-9-10-15(27-4)16(12-14)28-5)17(24)8-7-11-23-18(25)20(2,3)21-19(23)26/h9-10,12H,6-8,11,13H2,1-5H3,(H,21,26). The molecule has 154 valence electrons. The quantitative estimate of drug-likeness (QED) is 0.652. The number of nitrogens with one attached hydrogen (secondary N) is 1. The van der Waals surface area contributed by atoms with Crippen molar-refractivity contribution in [2.24, 2.45) is 0 Å². The molecule has 0 saturated carbocycles. The summed E-state index contributed by atoms with van der Waals surface area (Å²) >= 11 is 0. The Morgan fingerprint density at radius 3 is 2.39 bits per heavy atom. The molecule has 8 heteroatoms.